The fourth-order valence-corrected chi connectivity index (χ4v) is 16.0. The fourth-order valence-electron chi connectivity index (χ4n) is 16.0. The zero-order chi connectivity index (χ0) is 105. The average molecular weight is 1970 g/mol. The molecule has 24 nitrogen and oxygen atoms in total. The van der Waals surface area contributed by atoms with Crippen molar-refractivity contribution in [1.29, 1.82) is 0 Å². The first-order valence-electron chi connectivity index (χ1n) is 44.3. The predicted octanol–water partition coefficient (Wildman–Crippen LogP) is 19.5. The quantitative estimate of drug-likeness (QED) is 0.0210. The number of carbonyl (C=O) groups is 4. The Labute approximate surface area is 815 Å². The van der Waals surface area contributed by atoms with E-state index in [9.17, 15) is 81.5 Å². The smallest absolute Gasteiger partial charge is 0.450 e. The summed E-state index contributed by atoms with van der Waals surface area (Å²) in [6, 6.07) is 63.2. The number of carbonyl (C=O) groups excluding carboxylic acids is 4. The van der Waals surface area contributed by atoms with Crippen LogP contribution >= 0.6 is 0 Å². The molecule has 0 saturated carbocycles. The van der Waals surface area contributed by atoms with Crippen molar-refractivity contribution >= 4 is 29.6 Å². The van der Waals surface area contributed by atoms with Crippen molar-refractivity contribution in [3.05, 3.63) is 414 Å². The summed E-state index contributed by atoms with van der Waals surface area (Å²) < 4.78 is 173. The van der Waals surface area contributed by atoms with Gasteiger partial charge in [0.05, 0.1) is 148 Å². The van der Waals surface area contributed by atoms with E-state index in [2.05, 4.69) is 47.2 Å². The number of alkyl halides is 12. The summed E-state index contributed by atoms with van der Waals surface area (Å²) in [6.07, 6.45) is -14.7. The fraction of sp³-hybridized carbons (Fsp3) is 0.243. The van der Waals surface area contributed by atoms with Gasteiger partial charge in [0.1, 0.15) is 6.54 Å². The highest BCUT2D eigenvalue weighted by molar-refractivity contribution is 6.10. The van der Waals surface area contributed by atoms with E-state index in [1.165, 1.54) is 48.7 Å². The van der Waals surface area contributed by atoms with Gasteiger partial charge in [-0.05, 0) is 208 Å². The minimum Gasteiger partial charge on any atom is -0.554 e. The number of nitrogens with zero attached hydrogens (tertiary/aromatic N) is 14. The second-order valence-corrected chi connectivity index (χ2v) is 33.9. The number of aryl methyl sites for hydroxylation is 8. The van der Waals surface area contributed by atoms with Crippen molar-refractivity contribution in [2.24, 2.45) is 0 Å². The van der Waals surface area contributed by atoms with Gasteiger partial charge in [0.25, 0.3) is 34.8 Å². The Morgan fingerprint density at radius 2 is 0.734 bits per heavy atom. The molecule has 0 aliphatic rings. The SMILES string of the molecule is Cc1c(C(=O)CC(=O)C(F)(F)F)cnn1-c1ccccc1.Cc1ccc(Cn2c(-c3cnn(-c4ccccc4)c3C)cc(C(F)(F)F)c(CN(C)C)c2=O)c(C)c1.Cc1ccc(Cn2c(-c3cnn(-c4ccccc4)c3C)cc(C(F)(F)F)c(C[NH3+])c2=O)c(C)c1.O=C[O-].[C-]#[N+]CC(=O)NCc1ccc(C)cc1C.[C-]#[N+]c1c(C(F)(F)F)cc(-c2cnn(-c3ccccc3)c2C)n(Cc2ccc(C)cc2C)c1=O. The van der Waals surface area contributed by atoms with Gasteiger partial charge in [-0.25, -0.2) is 30.1 Å². The van der Waals surface area contributed by atoms with Crippen molar-refractivity contribution in [2.75, 3.05) is 20.6 Å². The standard InChI is InChI=1S/C28H29F3N4O.C26H21F3N4O.C26H25F3N4O.C14H11F3N2O2.C12H14N2O.CH2O2/c1-18-11-12-21(19(2)13-18)16-34-26(14-25(28(29,30)31)24(27(34)36)17-33(4)5)23-15-32-35(20(23)3)22-9-7-6-8-10-22;1-16-10-11-19(17(2)12-16)15-32-23(13-22(26(27,28)29)24(30-4)25(32)34)21-14-31-33(18(21)3)20-8-6-5-7-9-20;1-16-9-10-19(17(2)11-16)15-32-24(12-23(26(27,28)29)21(13-30)25(32)34)22-14-31-33(18(22)3)20-7-5-4-6-8-20;1-9-11(12(20)7-13(21)14(15,16)17)8-18-19(9)10-5-3-2-4-6-10;1-9-4-5-11(10(2)6-9)7-14-12(15)8-13-3;2-1-3/h6-15H,16-17H2,1-5H3;5-14H,15H2,1-3H3;4-12,14H,13,15,30H2,1-3H3;2-6,8H,7H2,1H3;4-6H,7-8H2,1-2H3,(H,14,15);1H,(H,2,3). The lowest BCUT2D eigenvalue weighted by Gasteiger charge is -2.22. The molecule has 8 aromatic carbocycles. The van der Waals surface area contributed by atoms with Gasteiger partial charge in [0.15, 0.2) is 5.78 Å². The molecule has 0 atom stereocenters. The number of carboxylic acid groups (broad SMARTS) is 1. The van der Waals surface area contributed by atoms with E-state index >= 15 is 0 Å². The van der Waals surface area contributed by atoms with Gasteiger partial charge in [-0.2, -0.15) is 73.1 Å². The zero-order valence-electron chi connectivity index (χ0n) is 80.5. The maximum Gasteiger partial charge on any atom is 0.450 e. The van der Waals surface area contributed by atoms with E-state index in [0.717, 1.165) is 96.5 Å². The van der Waals surface area contributed by atoms with Gasteiger partial charge in [0.2, 0.25) is 5.78 Å². The molecule has 0 spiro atoms. The first kappa shape index (κ1) is 109. The van der Waals surface area contributed by atoms with Crippen LogP contribution in [0.2, 0.25) is 0 Å². The van der Waals surface area contributed by atoms with Crippen LogP contribution in [0.4, 0.5) is 58.4 Å². The van der Waals surface area contributed by atoms with Crippen molar-refractivity contribution in [1.82, 2.24) is 63.0 Å². The summed E-state index contributed by atoms with van der Waals surface area (Å²) in [5, 5.41) is 28.2. The van der Waals surface area contributed by atoms with Gasteiger partial charge in [-0.3, -0.25) is 28.8 Å². The van der Waals surface area contributed by atoms with Crippen LogP contribution in [0.3, 0.4) is 0 Å². The Morgan fingerprint density at radius 3 is 1.04 bits per heavy atom. The lowest BCUT2D eigenvalue weighted by molar-refractivity contribution is -0.387. The second kappa shape index (κ2) is 47.2. The lowest BCUT2D eigenvalue weighted by Crippen LogP contribution is -2.51. The largest absolute Gasteiger partial charge is 0.554 e. The molecule has 0 unspecified atom stereocenters. The topological polar surface area (TPSA) is 280 Å². The summed E-state index contributed by atoms with van der Waals surface area (Å²) in [5.41, 5.74) is 15.6. The number of para-hydroxylation sites is 4. The molecule has 0 bridgehead atoms. The molecule has 0 radical (unpaired) electrons. The Kier molecular flexibility index (Phi) is 35.9. The molecule has 36 heteroatoms. The molecule has 143 heavy (non-hydrogen) atoms. The number of ketones is 2. The van der Waals surface area contributed by atoms with Crippen LogP contribution in [0.5, 0.6) is 0 Å². The van der Waals surface area contributed by atoms with E-state index < -0.39 is 88.2 Å². The van der Waals surface area contributed by atoms with E-state index in [1.54, 1.807) is 91.1 Å². The first-order valence-corrected chi connectivity index (χ1v) is 44.3. The molecule has 15 rings (SSSR count). The van der Waals surface area contributed by atoms with Gasteiger partial charge in [0, 0.05) is 41.8 Å². The number of halogens is 12. The Hall–Kier alpha value is -16.2. The summed E-state index contributed by atoms with van der Waals surface area (Å²) in [7, 11) is 3.30. The van der Waals surface area contributed by atoms with Crippen molar-refractivity contribution < 1.29 is 82.7 Å². The number of quaternary nitrogens is 1. The van der Waals surface area contributed by atoms with Crippen LogP contribution < -0.4 is 32.8 Å². The highest BCUT2D eigenvalue weighted by atomic mass is 19.4. The third kappa shape index (κ3) is 26.9. The molecule has 15 aromatic rings. The van der Waals surface area contributed by atoms with Gasteiger partial charge in [-0.1, -0.05) is 168 Å². The molecule has 0 saturated heterocycles. The van der Waals surface area contributed by atoms with Crippen molar-refractivity contribution in [3.8, 4) is 56.5 Å². The van der Waals surface area contributed by atoms with Gasteiger partial charge < -0.3 is 44.4 Å². The number of benzene rings is 8. The monoisotopic (exact) mass is 1970 g/mol. The number of rotatable bonds is 22. The highest BCUT2D eigenvalue weighted by Gasteiger charge is 2.42. The molecular weight excluding hydrogens is 1870 g/mol. The lowest BCUT2D eigenvalue weighted by atomic mass is 10.0. The second-order valence-electron chi connectivity index (χ2n) is 33.9. The minimum atomic E-state index is -5.00. The van der Waals surface area contributed by atoms with Crippen molar-refractivity contribution in [3.63, 3.8) is 0 Å². The molecule has 742 valence electrons. The first-order chi connectivity index (χ1) is 67.5. The molecule has 0 aliphatic carbocycles. The Bertz CT molecular complexity index is 7400. The maximum absolute atomic E-state index is 14.2. The minimum absolute atomic E-state index is 0.0106. The maximum atomic E-state index is 14.2. The number of Topliss-reactive ketones (excluding diaryl/α,β-unsaturated/α-hetero) is 2. The van der Waals surface area contributed by atoms with E-state index in [0.29, 0.717) is 51.7 Å². The number of hydrogen-bond donors (Lipinski definition) is 2. The molecule has 4 N–H and O–H groups in total. The number of aromatic nitrogens is 11. The Morgan fingerprint density at radius 1 is 0.427 bits per heavy atom. The van der Waals surface area contributed by atoms with Crippen LogP contribution in [-0.2, 0) is 72.2 Å². The molecular formula is C107H102F12N16O8. The van der Waals surface area contributed by atoms with Crippen LogP contribution in [0.1, 0.15) is 134 Å². The number of amides is 1. The molecule has 1 amide bonds. The molecule has 7 aromatic heterocycles. The van der Waals surface area contributed by atoms with Crippen LogP contribution in [0, 0.1) is 96.2 Å². The highest BCUT2D eigenvalue weighted by Crippen LogP contribution is 2.41. The summed E-state index contributed by atoms with van der Waals surface area (Å²) in [4.78, 5) is 90.0. The van der Waals surface area contributed by atoms with Crippen LogP contribution in [0.25, 0.3) is 66.2 Å². The predicted molar refractivity (Wildman–Crippen MR) is 518 cm³/mol. The Balaban J connectivity index is 0.000000187. The van der Waals surface area contributed by atoms with Crippen molar-refractivity contribution in [2.45, 2.75) is 153 Å². The van der Waals surface area contributed by atoms with Gasteiger partial charge >= 0.3 is 24.7 Å². The molecule has 0 fully saturated rings. The van der Waals surface area contributed by atoms with Gasteiger partial charge in [-0.15, -0.1) is 0 Å². The third-order valence-corrected chi connectivity index (χ3v) is 23.3. The third-order valence-electron chi connectivity index (χ3n) is 23.3. The van der Waals surface area contributed by atoms with Crippen LogP contribution in [0.15, 0.2) is 251 Å². The van der Waals surface area contributed by atoms with E-state index in [1.807, 2.05) is 213 Å². The summed E-state index contributed by atoms with van der Waals surface area (Å²) in [5.74, 6) is -3.17. The average Bonchev–Trinajstić information content (AvgIpc) is 1.75. The molecule has 7 heterocycles. The number of nitrogens with one attached hydrogen (secondary N) is 1. The number of pyridine rings is 3. The molecule has 0 aliphatic heterocycles. The van der Waals surface area contributed by atoms with E-state index in [4.69, 9.17) is 23.0 Å². The normalized spacial score (nSPS) is 11.3. The van der Waals surface area contributed by atoms with E-state index in [-0.39, 0.29) is 78.9 Å². The summed E-state index contributed by atoms with van der Waals surface area (Å²) >= 11 is 0. The van der Waals surface area contributed by atoms with Crippen LogP contribution in [-0.4, -0.2) is 108 Å². The number of hydrogen-bond acceptors (Lipinski definition) is 13. The summed E-state index contributed by atoms with van der Waals surface area (Å²) in [6.45, 7) is 36.2. The zero-order valence-corrected chi connectivity index (χ0v) is 80.5.